The quantitative estimate of drug-likeness (QED) is 0.576. The van der Waals surface area contributed by atoms with Crippen LogP contribution in [0.15, 0.2) is 0 Å². The fourth-order valence-corrected chi connectivity index (χ4v) is 4.85. The van der Waals surface area contributed by atoms with Gasteiger partial charge in [0, 0.05) is 6.04 Å². The predicted octanol–water partition coefficient (Wildman–Crippen LogP) is 4.25. The molecule has 3 N–H and O–H groups in total. The summed E-state index contributed by atoms with van der Waals surface area (Å²) in [6.07, 6.45) is 14.1. The Hall–Kier alpha value is -0.0800. The van der Waals surface area contributed by atoms with Crippen molar-refractivity contribution in [3.05, 3.63) is 0 Å². The molecule has 5 unspecified atom stereocenters. The van der Waals surface area contributed by atoms with Crippen LogP contribution >= 0.6 is 0 Å². The molecule has 0 heterocycles. The topological polar surface area (TPSA) is 38.0 Å². The summed E-state index contributed by atoms with van der Waals surface area (Å²) in [5.41, 5.74) is 3.25. The normalized spacial score (nSPS) is 38.1. The Morgan fingerprint density at radius 2 is 1.79 bits per heavy atom. The molecule has 2 nitrogen and oxygen atoms in total. The zero-order chi connectivity index (χ0) is 13.7. The van der Waals surface area contributed by atoms with Gasteiger partial charge in [-0.05, 0) is 42.9 Å². The number of hydrazine groups is 1. The fraction of sp³-hybridized carbons (Fsp3) is 1.00. The van der Waals surface area contributed by atoms with E-state index in [0.29, 0.717) is 6.04 Å². The van der Waals surface area contributed by atoms with Crippen LogP contribution in [0.4, 0.5) is 0 Å². The van der Waals surface area contributed by atoms with Crippen LogP contribution in [0.25, 0.3) is 0 Å². The van der Waals surface area contributed by atoms with Gasteiger partial charge in [0.25, 0.3) is 0 Å². The van der Waals surface area contributed by atoms with E-state index in [-0.39, 0.29) is 0 Å². The van der Waals surface area contributed by atoms with Gasteiger partial charge in [-0.25, -0.2) is 0 Å². The highest BCUT2D eigenvalue weighted by Gasteiger charge is 2.36. The zero-order valence-electron chi connectivity index (χ0n) is 13.0. The van der Waals surface area contributed by atoms with Crippen molar-refractivity contribution < 1.29 is 0 Å². The first-order chi connectivity index (χ1) is 9.30. The van der Waals surface area contributed by atoms with Crippen LogP contribution < -0.4 is 11.3 Å². The van der Waals surface area contributed by atoms with Gasteiger partial charge in [-0.2, -0.15) is 0 Å². The molecule has 0 radical (unpaired) electrons. The molecule has 112 valence electrons. The average Bonchev–Trinajstić information content (AvgIpc) is 2.49. The fourth-order valence-electron chi connectivity index (χ4n) is 4.85. The first kappa shape index (κ1) is 15.3. The Morgan fingerprint density at radius 3 is 2.47 bits per heavy atom. The molecular weight excluding hydrogens is 232 g/mol. The monoisotopic (exact) mass is 266 g/mol. The van der Waals surface area contributed by atoms with Gasteiger partial charge in [0.1, 0.15) is 0 Å². The summed E-state index contributed by atoms with van der Waals surface area (Å²) in [6, 6.07) is 0.583. The number of nitrogens with one attached hydrogen (secondary N) is 1. The minimum absolute atomic E-state index is 0.583. The van der Waals surface area contributed by atoms with Crippen LogP contribution in [0, 0.1) is 23.7 Å². The number of hydrogen-bond acceptors (Lipinski definition) is 2. The Labute approximate surface area is 119 Å². The maximum atomic E-state index is 5.99. The molecule has 2 heteroatoms. The van der Waals surface area contributed by atoms with E-state index in [1.165, 1.54) is 64.2 Å². The van der Waals surface area contributed by atoms with E-state index in [4.69, 9.17) is 5.84 Å². The molecule has 0 spiro atoms. The lowest BCUT2D eigenvalue weighted by molar-refractivity contribution is 0.103. The maximum Gasteiger partial charge on any atom is 0.0269 e. The molecule has 0 aromatic heterocycles. The van der Waals surface area contributed by atoms with E-state index in [1.54, 1.807) is 0 Å². The molecule has 5 atom stereocenters. The van der Waals surface area contributed by atoms with E-state index in [2.05, 4.69) is 19.3 Å². The molecule has 0 saturated heterocycles. The number of nitrogens with two attached hydrogens (primary N) is 1. The highest BCUT2D eigenvalue weighted by Crippen LogP contribution is 2.41. The van der Waals surface area contributed by atoms with Crippen LogP contribution in [0.5, 0.6) is 0 Å². The highest BCUT2D eigenvalue weighted by molar-refractivity contribution is 4.90. The summed E-state index contributed by atoms with van der Waals surface area (Å²) in [4.78, 5) is 0. The van der Waals surface area contributed by atoms with E-state index >= 15 is 0 Å². The van der Waals surface area contributed by atoms with Crippen LogP contribution in [-0.4, -0.2) is 6.04 Å². The molecule has 0 amide bonds. The summed E-state index contributed by atoms with van der Waals surface area (Å²) in [5, 5.41) is 0. The van der Waals surface area contributed by atoms with Gasteiger partial charge in [0.05, 0.1) is 0 Å². The van der Waals surface area contributed by atoms with Crippen molar-refractivity contribution in [2.75, 3.05) is 0 Å². The van der Waals surface area contributed by atoms with Crippen molar-refractivity contribution in [3.63, 3.8) is 0 Å². The molecule has 2 aliphatic rings. The highest BCUT2D eigenvalue weighted by atomic mass is 15.2. The van der Waals surface area contributed by atoms with Crippen molar-refractivity contribution in [1.82, 2.24) is 5.43 Å². The summed E-state index contributed by atoms with van der Waals surface area (Å²) in [6.45, 7) is 4.72. The molecule has 19 heavy (non-hydrogen) atoms. The molecule has 2 fully saturated rings. The van der Waals surface area contributed by atoms with Crippen molar-refractivity contribution in [1.29, 1.82) is 0 Å². The van der Waals surface area contributed by atoms with Crippen molar-refractivity contribution >= 4 is 0 Å². The second-order valence-corrected chi connectivity index (χ2v) is 7.01. The SMILES string of the molecule is CCC1CCCC(C(NN)C2CCCCC2CC)C1. The van der Waals surface area contributed by atoms with Crippen molar-refractivity contribution in [2.24, 2.45) is 29.5 Å². The molecule has 0 aliphatic heterocycles. The summed E-state index contributed by atoms with van der Waals surface area (Å²) < 4.78 is 0. The lowest BCUT2D eigenvalue weighted by Crippen LogP contribution is -2.50. The second kappa shape index (κ2) is 7.64. The standard InChI is InChI=1S/C17H34N2/c1-3-13-8-7-10-15(12-13)17(19-18)16-11-6-5-9-14(16)4-2/h13-17,19H,3-12,18H2,1-2H3. The molecule has 2 aliphatic carbocycles. The van der Waals surface area contributed by atoms with Gasteiger partial charge in [-0.3, -0.25) is 11.3 Å². The molecule has 0 bridgehead atoms. The van der Waals surface area contributed by atoms with Crippen molar-refractivity contribution in [3.8, 4) is 0 Å². The van der Waals surface area contributed by atoms with E-state index in [1.807, 2.05) is 0 Å². The smallest absolute Gasteiger partial charge is 0.0269 e. The van der Waals surface area contributed by atoms with Gasteiger partial charge in [-0.15, -0.1) is 0 Å². The Balaban J connectivity index is 2.00. The van der Waals surface area contributed by atoms with Crippen LogP contribution in [-0.2, 0) is 0 Å². The average molecular weight is 266 g/mol. The molecular formula is C17H34N2. The van der Waals surface area contributed by atoms with E-state index < -0.39 is 0 Å². The van der Waals surface area contributed by atoms with Gasteiger partial charge < -0.3 is 0 Å². The summed E-state index contributed by atoms with van der Waals surface area (Å²) in [5.74, 6) is 9.53. The van der Waals surface area contributed by atoms with Crippen LogP contribution in [0.1, 0.15) is 78.1 Å². The number of rotatable bonds is 5. The van der Waals surface area contributed by atoms with Crippen LogP contribution in [0.2, 0.25) is 0 Å². The maximum absolute atomic E-state index is 5.99. The van der Waals surface area contributed by atoms with E-state index in [0.717, 1.165) is 23.7 Å². The molecule has 2 saturated carbocycles. The minimum Gasteiger partial charge on any atom is -0.271 e. The lowest BCUT2D eigenvalue weighted by Gasteiger charge is -2.43. The Bertz CT molecular complexity index is 254. The Morgan fingerprint density at radius 1 is 1.00 bits per heavy atom. The van der Waals surface area contributed by atoms with Crippen LogP contribution in [0.3, 0.4) is 0 Å². The second-order valence-electron chi connectivity index (χ2n) is 7.01. The minimum atomic E-state index is 0.583. The molecule has 0 aromatic carbocycles. The van der Waals surface area contributed by atoms with Crippen molar-refractivity contribution in [2.45, 2.75) is 84.1 Å². The van der Waals surface area contributed by atoms with E-state index in [9.17, 15) is 0 Å². The third-order valence-electron chi connectivity index (χ3n) is 6.05. The van der Waals surface area contributed by atoms with Gasteiger partial charge >= 0.3 is 0 Å². The van der Waals surface area contributed by atoms with Gasteiger partial charge in [0.2, 0.25) is 0 Å². The van der Waals surface area contributed by atoms with Gasteiger partial charge in [0.15, 0.2) is 0 Å². The van der Waals surface area contributed by atoms with Gasteiger partial charge in [-0.1, -0.05) is 58.8 Å². The first-order valence-electron chi connectivity index (χ1n) is 8.76. The first-order valence-corrected chi connectivity index (χ1v) is 8.76. The summed E-state index contributed by atoms with van der Waals surface area (Å²) >= 11 is 0. The third kappa shape index (κ3) is 3.72. The molecule has 2 rings (SSSR count). The summed E-state index contributed by atoms with van der Waals surface area (Å²) in [7, 11) is 0. The zero-order valence-corrected chi connectivity index (χ0v) is 13.0. The lowest BCUT2D eigenvalue weighted by atomic mass is 9.67. The predicted molar refractivity (Wildman–Crippen MR) is 82.6 cm³/mol. The Kier molecular flexibility index (Phi) is 6.15. The largest absolute Gasteiger partial charge is 0.271 e. The molecule has 0 aromatic rings. The number of hydrogen-bond donors (Lipinski definition) is 2. The third-order valence-corrected chi connectivity index (χ3v) is 6.05.